The fourth-order valence-electron chi connectivity index (χ4n) is 2.61. The summed E-state index contributed by atoms with van der Waals surface area (Å²) in [6.45, 7) is 3.13. The number of carbonyl (C=O) groups excluding carboxylic acids is 2. The van der Waals surface area contributed by atoms with E-state index < -0.39 is 18.2 Å². The molecule has 0 bridgehead atoms. The molecule has 5 nitrogen and oxygen atoms in total. The van der Waals surface area contributed by atoms with Gasteiger partial charge in [0, 0.05) is 18.9 Å². The lowest BCUT2D eigenvalue weighted by Crippen LogP contribution is -2.24. The fourth-order valence-corrected chi connectivity index (χ4v) is 2.61. The minimum Gasteiger partial charge on any atom is -0.425 e. The van der Waals surface area contributed by atoms with E-state index in [0.717, 1.165) is 11.1 Å². The molecule has 1 unspecified atom stereocenters. The highest BCUT2D eigenvalue weighted by Crippen LogP contribution is 2.27. The summed E-state index contributed by atoms with van der Waals surface area (Å²) < 4.78 is 10.3. The molecule has 0 spiro atoms. The Kier molecular flexibility index (Phi) is 7.33. The molecular weight excluding hydrogens is 342 g/mol. The molecule has 0 amide bonds. The molecule has 0 aliphatic heterocycles. The third-order valence-electron chi connectivity index (χ3n) is 3.75. The van der Waals surface area contributed by atoms with Crippen molar-refractivity contribution in [1.29, 1.82) is 5.26 Å². The van der Waals surface area contributed by atoms with Crippen LogP contribution >= 0.6 is 0 Å². The smallest absolute Gasteiger partial charge is 0.352 e. The van der Waals surface area contributed by atoms with Gasteiger partial charge in [-0.05, 0) is 17.5 Å². The first-order valence-electron chi connectivity index (χ1n) is 8.70. The molecule has 27 heavy (non-hydrogen) atoms. The first-order valence-corrected chi connectivity index (χ1v) is 8.70. The van der Waals surface area contributed by atoms with Crippen LogP contribution in [0.1, 0.15) is 37.8 Å². The fraction of sp³-hybridized carbons (Fsp3) is 0.227. The molecule has 0 aliphatic carbocycles. The minimum absolute atomic E-state index is 0.138. The highest BCUT2D eigenvalue weighted by atomic mass is 16.7. The maximum atomic E-state index is 12.7. The summed E-state index contributed by atoms with van der Waals surface area (Å²) >= 11 is 0. The second kappa shape index (κ2) is 9.93. The molecule has 0 heterocycles. The molecule has 1 atom stereocenters. The second-order valence-corrected chi connectivity index (χ2v) is 5.83. The third kappa shape index (κ3) is 5.55. The molecular formula is C22H21NO4. The molecule has 138 valence electrons. The molecule has 0 saturated heterocycles. The summed E-state index contributed by atoms with van der Waals surface area (Å²) in [5.41, 5.74) is 1.77. The van der Waals surface area contributed by atoms with Crippen LogP contribution in [0.25, 0.3) is 5.57 Å². The second-order valence-electron chi connectivity index (χ2n) is 5.83. The van der Waals surface area contributed by atoms with E-state index in [-0.39, 0.29) is 5.57 Å². The van der Waals surface area contributed by atoms with Crippen LogP contribution < -0.4 is 0 Å². The van der Waals surface area contributed by atoms with E-state index in [1.54, 1.807) is 0 Å². The highest BCUT2D eigenvalue weighted by Gasteiger charge is 2.24. The van der Waals surface area contributed by atoms with E-state index in [1.807, 2.05) is 73.7 Å². The Morgan fingerprint density at radius 3 is 1.89 bits per heavy atom. The van der Waals surface area contributed by atoms with Crippen LogP contribution in [0.15, 0.2) is 66.2 Å². The Hall–Kier alpha value is -3.39. The van der Waals surface area contributed by atoms with Gasteiger partial charge in [-0.2, -0.15) is 5.26 Å². The summed E-state index contributed by atoms with van der Waals surface area (Å²) in [4.78, 5) is 24.0. The van der Waals surface area contributed by atoms with E-state index in [0.29, 0.717) is 18.4 Å². The Morgan fingerprint density at radius 1 is 0.963 bits per heavy atom. The molecule has 0 N–H and O–H groups in total. The number of benzene rings is 2. The molecule has 2 aromatic carbocycles. The Labute approximate surface area is 158 Å². The molecule has 2 rings (SSSR count). The number of hydrogen-bond donors (Lipinski definition) is 0. The summed E-state index contributed by atoms with van der Waals surface area (Å²) in [5.74, 6) is -1.37. The molecule has 0 aromatic heterocycles. The Morgan fingerprint density at radius 2 is 1.48 bits per heavy atom. The standard InChI is InChI=1S/C22H21NO4/c1-3-10-20(26-16(2)24)27-22(25)19(15-23)21(17-11-6-4-7-12-17)18-13-8-5-9-14-18/h4-9,11-14,20H,3,10H2,1-2H3. The van der Waals surface area contributed by atoms with E-state index in [2.05, 4.69) is 0 Å². The molecule has 2 aromatic rings. The van der Waals surface area contributed by atoms with Gasteiger partial charge < -0.3 is 9.47 Å². The number of hydrogen-bond acceptors (Lipinski definition) is 5. The van der Waals surface area contributed by atoms with Crippen LogP contribution in [-0.2, 0) is 19.1 Å². The van der Waals surface area contributed by atoms with Gasteiger partial charge in [0.15, 0.2) is 0 Å². The zero-order valence-electron chi connectivity index (χ0n) is 15.3. The van der Waals surface area contributed by atoms with E-state index >= 15 is 0 Å². The first kappa shape index (κ1) is 19.9. The lowest BCUT2D eigenvalue weighted by atomic mass is 9.93. The van der Waals surface area contributed by atoms with Gasteiger partial charge in [0.25, 0.3) is 0 Å². The average Bonchev–Trinajstić information content (AvgIpc) is 2.67. The van der Waals surface area contributed by atoms with E-state index in [4.69, 9.17) is 9.47 Å². The van der Waals surface area contributed by atoms with Crippen molar-refractivity contribution < 1.29 is 19.1 Å². The van der Waals surface area contributed by atoms with Crippen molar-refractivity contribution in [2.45, 2.75) is 33.0 Å². The van der Waals surface area contributed by atoms with Crippen molar-refractivity contribution in [2.24, 2.45) is 0 Å². The zero-order valence-corrected chi connectivity index (χ0v) is 15.3. The van der Waals surface area contributed by atoms with Crippen LogP contribution in [0.2, 0.25) is 0 Å². The van der Waals surface area contributed by atoms with Crippen molar-refractivity contribution in [3.8, 4) is 6.07 Å². The van der Waals surface area contributed by atoms with Crippen LogP contribution in [0.3, 0.4) is 0 Å². The predicted molar refractivity (Wildman–Crippen MR) is 101 cm³/mol. The lowest BCUT2D eigenvalue weighted by molar-refractivity contribution is -0.184. The van der Waals surface area contributed by atoms with Gasteiger partial charge in [0.2, 0.25) is 6.29 Å². The van der Waals surface area contributed by atoms with Crippen LogP contribution in [-0.4, -0.2) is 18.2 Å². The number of rotatable bonds is 7. The number of nitrogens with zero attached hydrogens (tertiary/aromatic N) is 1. The van der Waals surface area contributed by atoms with Gasteiger partial charge in [-0.1, -0.05) is 67.6 Å². The van der Waals surface area contributed by atoms with Crippen LogP contribution in [0, 0.1) is 11.3 Å². The average molecular weight is 363 g/mol. The monoisotopic (exact) mass is 363 g/mol. The quantitative estimate of drug-likeness (QED) is 0.318. The summed E-state index contributed by atoms with van der Waals surface area (Å²) in [6.07, 6.45) is -0.00645. The predicted octanol–water partition coefficient (Wildman–Crippen LogP) is 4.24. The minimum atomic E-state index is -1.02. The van der Waals surface area contributed by atoms with Crippen molar-refractivity contribution in [2.75, 3.05) is 0 Å². The van der Waals surface area contributed by atoms with Gasteiger partial charge >= 0.3 is 11.9 Å². The Balaban J connectivity index is 2.48. The Bertz CT molecular complexity index is 809. The van der Waals surface area contributed by atoms with E-state index in [9.17, 15) is 14.9 Å². The summed E-state index contributed by atoms with van der Waals surface area (Å²) in [7, 11) is 0. The normalized spacial score (nSPS) is 11.0. The first-order chi connectivity index (χ1) is 13.1. The maximum Gasteiger partial charge on any atom is 0.352 e. The van der Waals surface area contributed by atoms with Crippen molar-refractivity contribution in [3.63, 3.8) is 0 Å². The van der Waals surface area contributed by atoms with Crippen LogP contribution in [0.4, 0.5) is 0 Å². The van der Waals surface area contributed by atoms with Gasteiger partial charge in [0.05, 0.1) is 0 Å². The van der Waals surface area contributed by atoms with Gasteiger partial charge in [-0.15, -0.1) is 0 Å². The lowest BCUT2D eigenvalue weighted by Gasteiger charge is -2.18. The van der Waals surface area contributed by atoms with Gasteiger partial charge in [0.1, 0.15) is 11.6 Å². The summed E-state index contributed by atoms with van der Waals surface area (Å²) in [5, 5.41) is 9.70. The molecule has 0 aliphatic rings. The molecule has 5 heteroatoms. The van der Waals surface area contributed by atoms with E-state index in [1.165, 1.54) is 6.92 Å². The maximum absolute atomic E-state index is 12.7. The molecule has 0 saturated carbocycles. The topological polar surface area (TPSA) is 76.4 Å². The molecule has 0 fully saturated rings. The highest BCUT2D eigenvalue weighted by molar-refractivity contribution is 6.05. The SMILES string of the molecule is CCCC(OC(C)=O)OC(=O)C(C#N)=C(c1ccccc1)c1ccccc1. The zero-order chi connectivity index (χ0) is 19.6. The van der Waals surface area contributed by atoms with Gasteiger partial charge in [-0.25, -0.2) is 4.79 Å². The number of ether oxygens (including phenoxy) is 2. The number of esters is 2. The van der Waals surface area contributed by atoms with Crippen molar-refractivity contribution >= 4 is 17.5 Å². The number of carbonyl (C=O) groups is 2. The van der Waals surface area contributed by atoms with Crippen molar-refractivity contribution in [1.82, 2.24) is 0 Å². The third-order valence-corrected chi connectivity index (χ3v) is 3.75. The summed E-state index contributed by atoms with van der Waals surface area (Å²) in [6, 6.07) is 20.3. The largest absolute Gasteiger partial charge is 0.425 e. The van der Waals surface area contributed by atoms with Crippen molar-refractivity contribution in [3.05, 3.63) is 77.4 Å². The number of nitriles is 1. The van der Waals surface area contributed by atoms with Gasteiger partial charge in [-0.3, -0.25) is 4.79 Å². The molecule has 0 radical (unpaired) electrons. The van der Waals surface area contributed by atoms with Crippen LogP contribution in [0.5, 0.6) is 0 Å².